The van der Waals surface area contributed by atoms with Crippen LogP contribution >= 0.6 is 12.4 Å². The molecule has 1 amide bonds. The minimum atomic E-state index is -1.04. The summed E-state index contributed by atoms with van der Waals surface area (Å²) in [5.41, 5.74) is 0.559. The van der Waals surface area contributed by atoms with Gasteiger partial charge in [-0.25, -0.2) is 17.6 Å². The molecule has 0 radical (unpaired) electrons. The van der Waals surface area contributed by atoms with Crippen LogP contribution in [0.25, 0.3) is 0 Å². The van der Waals surface area contributed by atoms with Crippen molar-refractivity contribution in [1.29, 1.82) is 0 Å². The number of halogens is 5. The lowest BCUT2D eigenvalue weighted by molar-refractivity contribution is -0.121. The molecule has 0 spiro atoms. The fraction of sp³-hybridized carbons (Fsp3) is 0.316. The maximum Gasteiger partial charge on any atom is 0.224 e. The third kappa shape index (κ3) is 4.99. The largest absolute Gasteiger partial charge is 0.351 e. The summed E-state index contributed by atoms with van der Waals surface area (Å²) in [6.07, 6.45) is 0.328. The normalized spacial score (nSPS) is 19.3. The molecular weight excluding hydrogens is 384 g/mol. The second-order valence-corrected chi connectivity index (χ2v) is 6.34. The second-order valence-electron chi connectivity index (χ2n) is 6.34. The van der Waals surface area contributed by atoms with E-state index in [1.54, 1.807) is 0 Å². The van der Waals surface area contributed by atoms with E-state index in [1.807, 2.05) is 0 Å². The molecule has 0 aliphatic carbocycles. The van der Waals surface area contributed by atoms with Gasteiger partial charge in [-0.1, -0.05) is 18.2 Å². The molecule has 2 atom stereocenters. The predicted molar refractivity (Wildman–Crippen MR) is 95.8 cm³/mol. The first-order chi connectivity index (χ1) is 12.5. The van der Waals surface area contributed by atoms with Crippen molar-refractivity contribution in [3.05, 3.63) is 70.8 Å². The lowest BCUT2D eigenvalue weighted by Crippen LogP contribution is -2.50. The highest BCUT2D eigenvalue weighted by molar-refractivity contribution is 5.85. The van der Waals surface area contributed by atoms with Crippen LogP contribution in [0.5, 0.6) is 0 Å². The van der Waals surface area contributed by atoms with Crippen LogP contribution in [0.1, 0.15) is 23.5 Å². The molecule has 1 aliphatic rings. The molecule has 2 aromatic carbocycles. The predicted octanol–water partition coefficient (Wildman–Crippen LogP) is 3.47. The molecule has 146 valence electrons. The maximum atomic E-state index is 13.7. The van der Waals surface area contributed by atoms with Gasteiger partial charge in [-0.3, -0.25) is 4.79 Å². The number of hydrogen-bond acceptors (Lipinski definition) is 2. The van der Waals surface area contributed by atoms with Crippen LogP contribution in [0, 0.1) is 23.3 Å². The molecule has 8 heteroatoms. The first-order valence-electron chi connectivity index (χ1n) is 8.33. The van der Waals surface area contributed by atoms with Crippen LogP contribution in [-0.2, 0) is 11.2 Å². The summed E-state index contributed by atoms with van der Waals surface area (Å²) in [4.78, 5) is 12.3. The van der Waals surface area contributed by atoms with Crippen molar-refractivity contribution in [2.75, 3.05) is 13.1 Å². The van der Waals surface area contributed by atoms with Gasteiger partial charge < -0.3 is 10.6 Å². The third-order valence-corrected chi connectivity index (χ3v) is 4.58. The highest BCUT2D eigenvalue weighted by Gasteiger charge is 2.28. The van der Waals surface area contributed by atoms with Crippen LogP contribution in [0.3, 0.4) is 0 Å². The Morgan fingerprint density at radius 1 is 1.07 bits per heavy atom. The molecule has 1 fully saturated rings. The van der Waals surface area contributed by atoms with Crippen LogP contribution in [-0.4, -0.2) is 25.0 Å². The first kappa shape index (κ1) is 21.2. The highest BCUT2D eigenvalue weighted by Crippen LogP contribution is 2.27. The number of nitrogens with one attached hydrogen (secondary N) is 2. The molecular formula is C19H19ClF4N2O. The number of carbonyl (C=O) groups is 1. The molecule has 2 unspecified atom stereocenters. The number of piperidine rings is 1. The summed E-state index contributed by atoms with van der Waals surface area (Å²) in [5, 5.41) is 5.92. The molecule has 2 N–H and O–H groups in total. The van der Waals surface area contributed by atoms with E-state index in [4.69, 9.17) is 0 Å². The average Bonchev–Trinajstić information content (AvgIpc) is 2.62. The number of rotatable bonds is 4. The van der Waals surface area contributed by atoms with Crippen molar-refractivity contribution in [1.82, 2.24) is 10.6 Å². The maximum absolute atomic E-state index is 13.7. The zero-order valence-corrected chi connectivity index (χ0v) is 15.1. The molecule has 0 saturated carbocycles. The Balaban J connectivity index is 0.00000261. The number of hydrogen-bond donors (Lipinski definition) is 2. The van der Waals surface area contributed by atoms with E-state index < -0.39 is 29.2 Å². The Morgan fingerprint density at radius 2 is 1.85 bits per heavy atom. The van der Waals surface area contributed by atoms with Crippen LogP contribution in [0.15, 0.2) is 36.4 Å². The molecule has 27 heavy (non-hydrogen) atoms. The number of benzene rings is 2. The van der Waals surface area contributed by atoms with Crippen molar-refractivity contribution in [2.24, 2.45) is 0 Å². The fourth-order valence-electron chi connectivity index (χ4n) is 3.27. The Hall–Kier alpha value is -2.12. The van der Waals surface area contributed by atoms with Crippen molar-refractivity contribution in [2.45, 2.75) is 24.8 Å². The quantitative estimate of drug-likeness (QED) is 0.769. The molecule has 3 rings (SSSR count). The Morgan fingerprint density at radius 3 is 2.59 bits per heavy atom. The minimum absolute atomic E-state index is 0. The van der Waals surface area contributed by atoms with E-state index in [0.29, 0.717) is 25.1 Å². The lowest BCUT2D eigenvalue weighted by atomic mass is 9.86. The van der Waals surface area contributed by atoms with Crippen molar-refractivity contribution in [3.8, 4) is 0 Å². The Labute approximate surface area is 160 Å². The summed E-state index contributed by atoms with van der Waals surface area (Å²) in [6, 6.07) is 7.01. The van der Waals surface area contributed by atoms with Crippen molar-refractivity contribution in [3.63, 3.8) is 0 Å². The molecule has 1 aliphatic heterocycles. The lowest BCUT2D eigenvalue weighted by Gasteiger charge is -2.33. The van der Waals surface area contributed by atoms with Gasteiger partial charge in [0.05, 0.1) is 6.42 Å². The van der Waals surface area contributed by atoms with Gasteiger partial charge in [0.1, 0.15) is 0 Å². The summed E-state index contributed by atoms with van der Waals surface area (Å²) >= 11 is 0. The van der Waals surface area contributed by atoms with E-state index in [9.17, 15) is 22.4 Å². The number of carbonyl (C=O) groups excluding carboxylic acids is 1. The van der Waals surface area contributed by atoms with Gasteiger partial charge in [0.25, 0.3) is 0 Å². The zero-order valence-electron chi connectivity index (χ0n) is 14.3. The van der Waals surface area contributed by atoms with Gasteiger partial charge >= 0.3 is 0 Å². The molecule has 1 saturated heterocycles. The van der Waals surface area contributed by atoms with Gasteiger partial charge in [-0.15, -0.1) is 12.4 Å². The number of amides is 1. The smallest absolute Gasteiger partial charge is 0.224 e. The van der Waals surface area contributed by atoms with E-state index in [2.05, 4.69) is 10.6 Å². The minimum Gasteiger partial charge on any atom is -0.351 e. The average molecular weight is 403 g/mol. The summed E-state index contributed by atoms with van der Waals surface area (Å²) < 4.78 is 53.7. The summed E-state index contributed by atoms with van der Waals surface area (Å²) in [5.74, 6) is -4.57. The van der Waals surface area contributed by atoms with Crippen LogP contribution in [0.2, 0.25) is 0 Å². The van der Waals surface area contributed by atoms with E-state index in [1.165, 1.54) is 18.2 Å². The van der Waals surface area contributed by atoms with Crippen molar-refractivity contribution < 1.29 is 22.4 Å². The molecule has 0 aromatic heterocycles. The van der Waals surface area contributed by atoms with E-state index in [-0.39, 0.29) is 36.4 Å². The van der Waals surface area contributed by atoms with Gasteiger partial charge in [-0.05, 0) is 36.7 Å². The molecule has 3 nitrogen and oxygen atoms in total. The molecule has 0 bridgehead atoms. The van der Waals surface area contributed by atoms with Crippen LogP contribution in [0.4, 0.5) is 17.6 Å². The highest BCUT2D eigenvalue weighted by atomic mass is 35.5. The SMILES string of the molecule is Cl.O=C(Cc1cccc(F)c1F)NC1CNCCC1c1ccc(F)c(F)c1. The third-order valence-electron chi connectivity index (χ3n) is 4.58. The summed E-state index contributed by atoms with van der Waals surface area (Å²) in [6.45, 7) is 1.12. The topological polar surface area (TPSA) is 41.1 Å². The van der Waals surface area contributed by atoms with E-state index in [0.717, 1.165) is 18.2 Å². The first-order valence-corrected chi connectivity index (χ1v) is 8.33. The fourth-order valence-corrected chi connectivity index (χ4v) is 3.27. The monoisotopic (exact) mass is 402 g/mol. The van der Waals surface area contributed by atoms with Gasteiger partial charge in [0.15, 0.2) is 23.3 Å². The Bertz CT molecular complexity index is 818. The van der Waals surface area contributed by atoms with Crippen LogP contribution < -0.4 is 10.6 Å². The van der Waals surface area contributed by atoms with Gasteiger partial charge in [-0.2, -0.15) is 0 Å². The standard InChI is InChI=1S/C19H18F4N2O.ClH/c20-14-5-4-11(8-16(14)22)13-6-7-24-10-17(13)25-18(26)9-12-2-1-3-15(21)19(12)23;/h1-5,8,13,17,24H,6-7,9-10H2,(H,25,26);1H. The molecule has 1 heterocycles. The van der Waals surface area contributed by atoms with Gasteiger partial charge in [0, 0.05) is 24.1 Å². The summed E-state index contributed by atoms with van der Waals surface area (Å²) in [7, 11) is 0. The van der Waals surface area contributed by atoms with Gasteiger partial charge in [0.2, 0.25) is 5.91 Å². The Kier molecular flexibility index (Phi) is 7.21. The second kappa shape index (κ2) is 9.19. The van der Waals surface area contributed by atoms with E-state index >= 15 is 0 Å². The van der Waals surface area contributed by atoms with Crippen molar-refractivity contribution >= 4 is 18.3 Å². The molecule has 2 aromatic rings. The zero-order chi connectivity index (χ0) is 18.7.